The van der Waals surface area contributed by atoms with Crippen LogP contribution < -0.4 is 5.32 Å². The molecule has 1 aliphatic heterocycles. The molecule has 2 aliphatic rings. The van der Waals surface area contributed by atoms with Crippen molar-refractivity contribution in [2.75, 3.05) is 6.54 Å². The molecule has 0 saturated carbocycles. The number of hydrogen-bond donors (Lipinski definition) is 3. The molecule has 1 aliphatic carbocycles. The van der Waals surface area contributed by atoms with Crippen LogP contribution >= 0.6 is 0 Å². The third kappa shape index (κ3) is 3.30. The van der Waals surface area contributed by atoms with Crippen LogP contribution in [0.25, 0.3) is 11.0 Å². The Morgan fingerprint density at radius 2 is 2.10 bits per heavy atom. The number of hydrogen-bond acceptors (Lipinski definition) is 6. The van der Waals surface area contributed by atoms with Crippen molar-refractivity contribution in [1.82, 2.24) is 10.2 Å². The van der Waals surface area contributed by atoms with Crippen molar-refractivity contribution >= 4 is 34.6 Å². The smallest absolute Gasteiger partial charge is 0.325 e. The van der Waals surface area contributed by atoms with E-state index in [0.29, 0.717) is 11.1 Å². The molecular weight excluding hydrogens is 390 g/mol. The van der Waals surface area contributed by atoms with Crippen LogP contribution in [0.2, 0.25) is 0 Å². The van der Waals surface area contributed by atoms with Crippen LogP contribution in [-0.4, -0.2) is 50.9 Å². The Hall–Kier alpha value is -3.36. The van der Waals surface area contributed by atoms with Gasteiger partial charge in [-0.05, 0) is 32.8 Å². The molecule has 158 valence electrons. The fraction of sp³-hybridized carbons (Fsp3) is 0.429. The van der Waals surface area contributed by atoms with Crippen LogP contribution in [-0.2, 0) is 22.4 Å². The zero-order chi connectivity index (χ0) is 21.6. The average Bonchev–Trinajstić information content (AvgIpc) is 3.32. The topological polar surface area (TPSA) is 132 Å². The van der Waals surface area contributed by atoms with Gasteiger partial charge in [-0.3, -0.25) is 14.5 Å². The van der Waals surface area contributed by atoms with E-state index in [1.165, 1.54) is 5.56 Å². The molecule has 0 radical (unpaired) electrons. The quantitative estimate of drug-likeness (QED) is 0.288. The molecule has 3 N–H and O–H groups in total. The van der Waals surface area contributed by atoms with Crippen molar-refractivity contribution in [2.24, 2.45) is 11.1 Å². The minimum atomic E-state index is -1.19. The van der Waals surface area contributed by atoms with Crippen molar-refractivity contribution < 1.29 is 29.1 Å². The number of urea groups is 1. The van der Waals surface area contributed by atoms with E-state index in [9.17, 15) is 24.7 Å². The van der Waals surface area contributed by atoms with E-state index < -0.39 is 29.4 Å². The number of nitrogens with one attached hydrogen (secondary N) is 1. The molecule has 2 heterocycles. The molecule has 2 aromatic rings. The van der Waals surface area contributed by atoms with Gasteiger partial charge in [0.05, 0.1) is 11.6 Å². The lowest BCUT2D eigenvalue weighted by molar-refractivity contribution is -0.142. The van der Waals surface area contributed by atoms with Crippen molar-refractivity contribution in [3.05, 3.63) is 35.1 Å². The summed E-state index contributed by atoms with van der Waals surface area (Å²) < 4.78 is 5.90. The van der Waals surface area contributed by atoms with Crippen LogP contribution in [0.5, 0.6) is 0 Å². The Morgan fingerprint density at radius 1 is 1.33 bits per heavy atom. The number of oxime groups is 1. The molecule has 0 spiro atoms. The Labute approximate surface area is 172 Å². The second-order valence-electron chi connectivity index (χ2n) is 8.33. The summed E-state index contributed by atoms with van der Waals surface area (Å²) in [6.45, 7) is 2.79. The predicted octanol–water partition coefficient (Wildman–Crippen LogP) is 2.52. The summed E-state index contributed by atoms with van der Waals surface area (Å²) >= 11 is 0. The summed E-state index contributed by atoms with van der Waals surface area (Å²) in [6, 6.07) is 4.75. The number of imide groups is 1. The molecule has 0 bridgehead atoms. The molecule has 30 heavy (non-hydrogen) atoms. The van der Waals surface area contributed by atoms with Gasteiger partial charge in [0.15, 0.2) is 0 Å². The van der Waals surface area contributed by atoms with Gasteiger partial charge < -0.3 is 20.0 Å². The van der Waals surface area contributed by atoms with Crippen molar-refractivity contribution in [1.29, 1.82) is 0 Å². The third-order valence-electron chi connectivity index (χ3n) is 5.80. The molecule has 4 rings (SSSR count). The number of aliphatic carboxylic acids is 1. The highest BCUT2D eigenvalue weighted by molar-refractivity contribution is 6.07. The van der Waals surface area contributed by atoms with E-state index in [2.05, 4.69) is 10.5 Å². The van der Waals surface area contributed by atoms with E-state index >= 15 is 0 Å². The lowest BCUT2D eigenvalue weighted by Gasteiger charge is -2.20. The van der Waals surface area contributed by atoms with E-state index in [1.54, 1.807) is 26.0 Å². The number of carbonyl (C=O) groups excluding carboxylic acids is 2. The van der Waals surface area contributed by atoms with Gasteiger partial charge >= 0.3 is 12.0 Å². The Balaban J connectivity index is 1.57. The van der Waals surface area contributed by atoms with Gasteiger partial charge in [-0.25, -0.2) is 4.79 Å². The van der Waals surface area contributed by atoms with Gasteiger partial charge in [-0.15, -0.1) is 0 Å². The van der Waals surface area contributed by atoms with Crippen LogP contribution in [0.1, 0.15) is 43.6 Å². The van der Waals surface area contributed by atoms with Crippen LogP contribution in [0, 0.1) is 5.92 Å². The molecule has 9 nitrogen and oxygen atoms in total. The number of furan rings is 1. The zero-order valence-electron chi connectivity index (χ0n) is 16.8. The summed E-state index contributed by atoms with van der Waals surface area (Å²) in [5, 5.41) is 26.0. The minimum Gasteiger partial charge on any atom is -0.481 e. The van der Waals surface area contributed by atoms with E-state index in [1.807, 2.05) is 6.07 Å². The number of aryl methyl sites for hydroxylation is 2. The molecule has 1 aromatic carbocycles. The summed E-state index contributed by atoms with van der Waals surface area (Å²) in [5.41, 5.74) is 1.46. The van der Waals surface area contributed by atoms with Gasteiger partial charge in [0.1, 0.15) is 16.9 Å². The summed E-state index contributed by atoms with van der Waals surface area (Å²) in [5.74, 6) is -1.85. The van der Waals surface area contributed by atoms with Crippen molar-refractivity contribution in [3.63, 3.8) is 0 Å². The Bertz CT molecular complexity index is 1080. The molecule has 1 unspecified atom stereocenters. The monoisotopic (exact) mass is 413 g/mol. The summed E-state index contributed by atoms with van der Waals surface area (Å²) in [6.07, 6.45) is 2.76. The van der Waals surface area contributed by atoms with Gasteiger partial charge in [0.2, 0.25) is 0 Å². The molecule has 1 atom stereocenters. The zero-order valence-corrected chi connectivity index (χ0v) is 16.8. The fourth-order valence-electron chi connectivity index (χ4n) is 4.17. The highest BCUT2D eigenvalue weighted by Crippen LogP contribution is 2.33. The second kappa shape index (κ2) is 7.16. The maximum atomic E-state index is 12.4. The number of carbonyl (C=O) groups is 3. The Kier molecular flexibility index (Phi) is 4.76. The van der Waals surface area contributed by atoms with Crippen molar-refractivity contribution in [2.45, 2.75) is 45.1 Å². The minimum absolute atomic E-state index is 0.146. The average molecular weight is 413 g/mol. The number of fused-ring (bicyclic) bond motifs is 3. The first-order valence-corrected chi connectivity index (χ1v) is 9.84. The van der Waals surface area contributed by atoms with E-state index in [4.69, 9.17) is 4.42 Å². The molecule has 1 aromatic heterocycles. The SMILES string of the molecule is CC1(C)NC(=O)N(CC(CC(=NO)c2ccc3c4c(oc3c2)CCC4)C(=O)O)C1=O. The predicted molar refractivity (Wildman–Crippen MR) is 107 cm³/mol. The number of rotatable bonds is 6. The first-order chi connectivity index (χ1) is 14.2. The van der Waals surface area contributed by atoms with Crippen LogP contribution in [0.3, 0.4) is 0 Å². The Morgan fingerprint density at radius 3 is 2.73 bits per heavy atom. The highest BCUT2D eigenvalue weighted by atomic mass is 16.4. The second-order valence-corrected chi connectivity index (χ2v) is 8.33. The fourth-order valence-corrected chi connectivity index (χ4v) is 4.17. The van der Waals surface area contributed by atoms with Gasteiger partial charge in [0, 0.05) is 35.9 Å². The maximum absolute atomic E-state index is 12.4. The van der Waals surface area contributed by atoms with Crippen LogP contribution in [0.4, 0.5) is 4.79 Å². The normalized spacial score (nSPS) is 19.3. The lowest BCUT2D eigenvalue weighted by atomic mass is 9.95. The molecule has 1 fully saturated rings. The van der Waals surface area contributed by atoms with Crippen molar-refractivity contribution in [3.8, 4) is 0 Å². The molecular formula is C21H23N3O6. The standard InChI is InChI=1S/C21H23N3O6/c1-21(2)19(27)24(20(28)22-21)10-12(18(25)26)8-15(23-29)11-6-7-14-13-4-3-5-16(13)30-17(14)9-11/h6-7,9,12,29H,3-5,8,10H2,1-2H3,(H,22,28)(H,25,26). The molecule has 9 heteroatoms. The maximum Gasteiger partial charge on any atom is 0.325 e. The highest BCUT2D eigenvalue weighted by Gasteiger charge is 2.45. The third-order valence-corrected chi connectivity index (χ3v) is 5.80. The first-order valence-electron chi connectivity index (χ1n) is 9.84. The summed E-state index contributed by atoms with van der Waals surface area (Å²) in [4.78, 5) is 37.2. The van der Waals surface area contributed by atoms with Crippen LogP contribution in [0.15, 0.2) is 27.8 Å². The van der Waals surface area contributed by atoms with Gasteiger partial charge in [-0.2, -0.15) is 0 Å². The number of carboxylic acid groups (broad SMARTS) is 1. The van der Waals surface area contributed by atoms with Gasteiger partial charge in [0.25, 0.3) is 5.91 Å². The largest absolute Gasteiger partial charge is 0.481 e. The molecule has 1 saturated heterocycles. The van der Waals surface area contributed by atoms with E-state index in [0.717, 1.165) is 35.3 Å². The molecule has 3 amide bonds. The number of amides is 3. The van der Waals surface area contributed by atoms with Gasteiger partial charge in [-0.1, -0.05) is 17.3 Å². The number of nitrogens with zero attached hydrogens (tertiary/aromatic N) is 2. The number of carboxylic acids is 1. The summed E-state index contributed by atoms with van der Waals surface area (Å²) in [7, 11) is 0. The first kappa shape index (κ1) is 19.9. The van der Waals surface area contributed by atoms with E-state index in [-0.39, 0.29) is 18.7 Å². The lowest BCUT2D eigenvalue weighted by Crippen LogP contribution is -2.42. The number of benzene rings is 1.